The molecule has 1 saturated heterocycles. The first-order chi connectivity index (χ1) is 8.52. The van der Waals surface area contributed by atoms with Gasteiger partial charge >= 0.3 is 0 Å². The zero-order valence-electron chi connectivity index (χ0n) is 11.8. The van der Waals surface area contributed by atoms with Crippen LogP contribution in [0.2, 0.25) is 0 Å². The molecule has 1 aliphatic heterocycles. The van der Waals surface area contributed by atoms with Gasteiger partial charge in [0.1, 0.15) is 0 Å². The van der Waals surface area contributed by atoms with Crippen LogP contribution in [-0.4, -0.2) is 48.8 Å². The average Bonchev–Trinajstić information content (AvgIpc) is 2.29. The second-order valence-electron chi connectivity index (χ2n) is 5.60. The highest BCUT2D eigenvalue weighted by Gasteiger charge is 2.30. The Kier molecular flexibility index (Phi) is 3.93. The van der Waals surface area contributed by atoms with Crippen molar-refractivity contribution in [3.8, 4) is 0 Å². The van der Waals surface area contributed by atoms with Crippen molar-refractivity contribution in [3.63, 3.8) is 0 Å². The molecule has 3 nitrogen and oxygen atoms in total. The molecule has 3 heteroatoms. The summed E-state index contributed by atoms with van der Waals surface area (Å²) in [5.41, 5.74) is 3.85. The number of likely N-dealkylation sites (N-methyl/N-ethyl adjacent to an activating group) is 1. The number of aliphatic hydroxyl groups is 1. The molecule has 0 radical (unpaired) electrons. The number of nitrogens with zero attached hydrogens (tertiary/aromatic N) is 2. The maximum atomic E-state index is 9.64. The second-order valence-corrected chi connectivity index (χ2v) is 5.60. The minimum Gasteiger partial charge on any atom is -0.394 e. The Morgan fingerprint density at radius 2 is 2.00 bits per heavy atom. The molecular weight excluding hydrogens is 224 g/mol. The van der Waals surface area contributed by atoms with E-state index in [9.17, 15) is 5.11 Å². The highest BCUT2D eigenvalue weighted by Crippen LogP contribution is 2.28. The molecular formula is C15H24N2O. The van der Waals surface area contributed by atoms with Gasteiger partial charge in [-0.1, -0.05) is 17.7 Å². The molecule has 0 bridgehead atoms. The summed E-state index contributed by atoms with van der Waals surface area (Å²) in [6, 6.07) is 7.19. The highest BCUT2D eigenvalue weighted by molar-refractivity contribution is 5.56. The zero-order valence-corrected chi connectivity index (χ0v) is 11.8. The number of hydrogen-bond acceptors (Lipinski definition) is 3. The Balaban J connectivity index is 2.34. The summed E-state index contributed by atoms with van der Waals surface area (Å²) >= 11 is 0. The predicted molar refractivity (Wildman–Crippen MR) is 76.2 cm³/mol. The molecule has 18 heavy (non-hydrogen) atoms. The van der Waals surface area contributed by atoms with Crippen molar-refractivity contribution >= 4 is 5.69 Å². The van der Waals surface area contributed by atoms with Gasteiger partial charge in [0, 0.05) is 24.8 Å². The molecule has 1 N–H and O–H groups in total. The lowest BCUT2D eigenvalue weighted by Crippen LogP contribution is -2.58. The fraction of sp³-hybridized carbons (Fsp3) is 0.600. The summed E-state index contributed by atoms with van der Waals surface area (Å²) in [6.45, 7) is 8.69. The third kappa shape index (κ3) is 2.52. The summed E-state index contributed by atoms with van der Waals surface area (Å²) in [5.74, 6) is 0. The third-order valence-electron chi connectivity index (χ3n) is 3.81. The number of aliphatic hydroxyl groups excluding tert-OH is 1. The lowest BCUT2D eigenvalue weighted by atomic mass is 10.0. The molecule has 0 amide bonds. The highest BCUT2D eigenvalue weighted by atomic mass is 16.3. The standard InChI is InChI=1S/C15H24N2O/c1-11-5-6-15(12(2)7-11)17-13(3)8-16(4)9-14(17)10-18/h5-7,13-14,18H,8-10H2,1-4H3. The van der Waals surface area contributed by atoms with Crippen molar-refractivity contribution in [2.45, 2.75) is 32.9 Å². The lowest BCUT2D eigenvalue weighted by Gasteiger charge is -2.46. The first kappa shape index (κ1) is 13.4. The topological polar surface area (TPSA) is 26.7 Å². The molecule has 1 aliphatic rings. The molecule has 0 aromatic heterocycles. The summed E-state index contributed by atoms with van der Waals surface area (Å²) < 4.78 is 0. The van der Waals surface area contributed by atoms with Crippen LogP contribution < -0.4 is 4.90 Å². The van der Waals surface area contributed by atoms with Crippen LogP contribution in [0.1, 0.15) is 18.1 Å². The maximum Gasteiger partial charge on any atom is 0.0651 e. The van der Waals surface area contributed by atoms with Gasteiger partial charge in [-0.3, -0.25) is 0 Å². The van der Waals surface area contributed by atoms with E-state index in [0.717, 1.165) is 13.1 Å². The van der Waals surface area contributed by atoms with Crippen LogP contribution in [0, 0.1) is 13.8 Å². The number of hydrogen-bond donors (Lipinski definition) is 1. The Hall–Kier alpha value is -1.06. The molecule has 1 aromatic rings. The Morgan fingerprint density at radius 1 is 1.28 bits per heavy atom. The van der Waals surface area contributed by atoms with E-state index < -0.39 is 0 Å². The van der Waals surface area contributed by atoms with Crippen LogP contribution in [0.4, 0.5) is 5.69 Å². The Labute approximate surface area is 110 Å². The molecule has 1 aromatic carbocycles. The van der Waals surface area contributed by atoms with Crippen LogP contribution >= 0.6 is 0 Å². The molecule has 2 unspecified atom stereocenters. The van der Waals surface area contributed by atoms with E-state index in [0.29, 0.717) is 6.04 Å². The van der Waals surface area contributed by atoms with Gasteiger partial charge in [-0.05, 0) is 39.4 Å². The minimum atomic E-state index is 0.195. The molecule has 100 valence electrons. The van der Waals surface area contributed by atoms with E-state index in [4.69, 9.17) is 0 Å². The molecule has 1 fully saturated rings. The Bertz CT molecular complexity index is 419. The smallest absolute Gasteiger partial charge is 0.0651 e. The van der Waals surface area contributed by atoms with E-state index in [1.165, 1.54) is 16.8 Å². The number of rotatable bonds is 2. The van der Waals surface area contributed by atoms with Crippen molar-refractivity contribution < 1.29 is 5.11 Å². The van der Waals surface area contributed by atoms with E-state index in [-0.39, 0.29) is 12.6 Å². The maximum absolute atomic E-state index is 9.64. The average molecular weight is 248 g/mol. The van der Waals surface area contributed by atoms with Gasteiger partial charge < -0.3 is 14.9 Å². The number of benzene rings is 1. The van der Waals surface area contributed by atoms with E-state index in [1.54, 1.807) is 0 Å². The summed E-state index contributed by atoms with van der Waals surface area (Å²) in [7, 11) is 2.12. The van der Waals surface area contributed by atoms with Crippen LogP contribution in [0.25, 0.3) is 0 Å². The fourth-order valence-corrected chi connectivity index (χ4v) is 3.10. The fourth-order valence-electron chi connectivity index (χ4n) is 3.10. The van der Waals surface area contributed by atoms with Crippen molar-refractivity contribution in [1.29, 1.82) is 0 Å². The minimum absolute atomic E-state index is 0.195. The third-order valence-corrected chi connectivity index (χ3v) is 3.81. The second kappa shape index (κ2) is 5.29. The number of aryl methyl sites for hydroxylation is 2. The number of anilines is 1. The van der Waals surface area contributed by atoms with Gasteiger partial charge in [-0.25, -0.2) is 0 Å². The first-order valence-corrected chi connectivity index (χ1v) is 6.68. The van der Waals surface area contributed by atoms with Gasteiger partial charge in [-0.2, -0.15) is 0 Å². The van der Waals surface area contributed by atoms with Gasteiger partial charge in [0.15, 0.2) is 0 Å². The van der Waals surface area contributed by atoms with Crippen LogP contribution in [0.5, 0.6) is 0 Å². The van der Waals surface area contributed by atoms with Gasteiger partial charge in [-0.15, -0.1) is 0 Å². The van der Waals surface area contributed by atoms with Gasteiger partial charge in [0.25, 0.3) is 0 Å². The summed E-state index contributed by atoms with van der Waals surface area (Å²) in [4.78, 5) is 4.68. The summed E-state index contributed by atoms with van der Waals surface area (Å²) in [6.07, 6.45) is 0. The Morgan fingerprint density at radius 3 is 2.61 bits per heavy atom. The predicted octanol–water partition coefficient (Wildman–Crippen LogP) is 1.80. The largest absolute Gasteiger partial charge is 0.394 e. The van der Waals surface area contributed by atoms with Crippen molar-refractivity contribution in [2.75, 3.05) is 31.6 Å². The zero-order chi connectivity index (χ0) is 13.3. The lowest BCUT2D eigenvalue weighted by molar-refractivity contribution is 0.171. The molecule has 0 aliphatic carbocycles. The van der Waals surface area contributed by atoms with Crippen molar-refractivity contribution in [2.24, 2.45) is 0 Å². The monoisotopic (exact) mass is 248 g/mol. The SMILES string of the molecule is Cc1ccc(N2C(C)CN(C)CC2CO)c(C)c1. The van der Waals surface area contributed by atoms with Crippen LogP contribution in [0.15, 0.2) is 18.2 Å². The van der Waals surface area contributed by atoms with Gasteiger partial charge in [0.05, 0.1) is 12.6 Å². The first-order valence-electron chi connectivity index (χ1n) is 6.68. The molecule has 1 heterocycles. The van der Waals surface area contributed by atoms with E-state index >= 15 is 0 Å². The normalized spacial score (nSPS) is 25.5. The molecule has 2 atom stereocenters. The number of piperazine rings is 1. The molecule has 0 spiro atoms. The van der Waals surface area contributed by atoms with E-state index in [1.807, 2.05) is 0 Å². The summed E-state index contributed by atoms with van der Waals surface area (Å²) in [5, 5.41) is 9.64. The van der Waals surface area contributed by atoms with E-state index in [2.05, 4.69) is 55.8 Å². The molecule has 0 saturated carbocycles. The van der Waals surface area contributed by atoms with Crippen molar-refractivity contribution in [3.05, 3.63) is 29.3 Å². The van der Waals surface area contributed by atoms with Crippen LogP contribution in [0.3, 0.4) is 0 Å². The quantitative estimate of drug-likeness (QED) is 0.864. The van der Waals surface area contributed by atoms with Gasteiger partial charge in [0.2, 0.25) is 0 Å². The van der Waals surface area contributed by atoms with Crippen LogP contribution in [-0.2, 0) is 0 Å². The van der Waals surface area contributed by atoms with Crippen molar-refractivity contribution in [1.82, 2.24) is 4.90 Å². The molecule has 2 rings (SSSR count).